The van der Waals surface area contributed by atoms with Crippen molar-refractivity contribution in [1.29, 1.82) is 0 Å². The summed E-state index contributed by atoms with van der Waals surface area (Å²) in [5.41, 5.74) is 1.51. The van der Waals surface area contributed by atoms with Crippen LogP contribution in [0.5, 0.6) is 5.75 Å². The minimum atomic E-state index is -0.900. The highest BCUT2D eigenvalue weighted by Crippen LogP contribution is 2.32. The molecule has 3 aromatic rings. The molecule has 0 radical (unpaired) electrons. The lowest BCUT2D eigenvalue weighted by Gasteiger charge is -2.15. The summed E-state index contributed by atoms with van der Waals surface area (Å²) in [6, 6.07) is 10.9. The summed E-state index contributed by atoms with van der Waals surface area (Å²) in [5.74, 6) is 0.964. The molecule has 0 spiro atoms. The van der Waals surface area contributed by atoms with Crippen LogP contribution in [0.3, 0.4) is 0 Å². The smallest absolute Gasteiger partial charge is 0.306 e. The van der Waals surface area contributed by atoms with Gasteiger partial charge >= 0.3 is 5.97 Å². The number of ether oxygens (including phenoxy) is 2. The zero-order valence-electron chi connectivity index (χ0n) is 15.5. The summed E-state index contributed by atoms with van der Waals surface area (Å²) in [6.45, 7) is 4.38. The third kappa shape index (κ3) is 5.13. The van der Waals surface area contributed by atoms with Gasteiger partial charge in [0.25, 0.3) is 0 Å². The van der Waals surface area contributed by atoms with E-state index in [9.17, 15) is 4.79 Å². The number of rotatable bonds is 9. The Morgan fingerprint density at radius 3 is 2.64 bits per heavy atom. The Morgan fingerprint density at radius 2 is 2.04 bits per heavy atom. The van der Waals surface area contributed by atoms with Crippen LogP contribution in [0.1, 0.15) is 36.5 Å². The summed E-state index contributed by atoms with van der Waals surface area (Å²) >= 11 is 7.37. The van der Waals surface area contributed by atoms with E-state index in [1.165, 1.54) is 11.3 Å². The van der Waals surface area contributed by atoms with Gasteiger partial charge in [-0.2, -0.15) is 0 Å². The first kappa shape index (κ1) is 20.4. The maximum Gasteiger partial charge on any atom is 0.306 e. The average Bonchev–Trinajstić information content (AvgIpc) is 3.25. The Balaban J connectivity index is 1.65. The van der Waals surface area contributed by atoms with Gasteiger partial charge in [0.05, 0.1) is 21.7 Å². The number of carboxylic acids is 1. The molecule has 0 aliphatic carbocycles. The lowest BCUT2D eigenvalue weighted by Crippen LogP contribution is -2.10. The third-order valence-corrected chi connectivity index (χ3v) is 5.25. The summed E-state index contributed by atoms with van der Waals surface area (Å²) in [5, 5.41) is 9.02. The number of thiophene rings is 1. The molecule has 8 heteroatoms. The van der Waals surface area contributed by atoms with Crippen molar-refractivity contribution in [3.63, 3.8) is 0 Å². The van der Waals surface area contributed by atoms with Crippen molar-refractivity contribution in [1.82, 2.24) is 4.98 Å². The van der Waals surface area contributed by atoms with E-state index in [2.05, 4.69) is 4.98 Å². The molecule has 0 aliphatic heterocycles. The SMILES string of the molecule is CCOC(CC(=O)O)c1ccc(OCc2nc(-c3ccc(Cl)s3)oc2C)cc1. The molecule has 6 nitrogen and oxygen atoms in total. The fraction of sp³-hybridized carbons (Fsp3) is 0.300. The van der Waals surface area contributed by atoms with Gasteiger partial charge in [-0.3, -0.25) is 4.79 Å². The number of aliphatic carboxylic acids is 1. The topological polar surface area (TPSA) is 81.8 Å². The predicted octanol–water partition coefficient (Wildman–Crippen LogP) is 5.50. The lowest BCUT2D eigenvalue weighted by molar-refractivity contribution is -0.140. The van der Waals surface area contributed by atoms with E-state index in [4.69, 9.17) is 30.6 Å². The zero-order chi connectivity index (χ0) is 20.1. The van der Waals surface area contributed by atoms with Gasteiger partial charge in [-0.15, -0.1) is 11.3 Å². The number of hydrogen-bond donors (Lipinski definition) is 1. The van der Waals surface area contributed by atoms with Crippen LogP contribution < -0.4 is 4.74 Å². The van der Waals surface area contributed by atoms with Crippen LogP contribution >= 0.6 is 22.9 Å². The molecular weight excluding hydrogens is 402 g/mol. The number of carboxylic acid groups (broad SMARTS) is 1. The van der Waals surface area contributed by atoms with E-state index in [0.717, 1.165) is 10.4 Å². The number of benzene rings is 1. The molecule has 0 amide bonds. The Bertz CT molecular complexity index is 934. The lowest BCUT2D eigenvalue weighted by atomic mass is 10.1. The Morgan fingerprint density at radius 1 is 1.29 bits per heavy atom. The molecule has 1 N–H and O–H groups in total. The van der Waals surface area contributed by atoms with Gasteiger partial charge < -0.3 is 19.0 Å². The minimum Gasteiger partial charge on any atom is -0.487 e. The molecule has 2 heterocycles. The molecule has 1 atom stereocenters. The van der Waals surface area contributed by atoms with Crippen molar-refractivity contribution in [2.24, 2.45) is 0 Å². The van der Waals surface area contributed by atoms with Crippen molar-refractivity contribution in [3.8, 4) is 16.5 Å². The first-order valence-electron chi connectivity index (χ1n) is 8.74. The molecule has 0 fully saturated rings. The van der Waals surface area contributed by atoms with Crippen molar-refractivity contribution in [2.45, 2.75) is 33.0 Å². The average molecular weight is 422 g/mol. The Hall–Kier alpha value is -2.35. The first-order valence-corrected chi connectivity index (χ1v) is 9.94. The van der Waals surface area contributed by atoms with Gasteiger partial charge in [0.15, 0.2) is 0 Å². The maximum atomic E-state index is 11.0. The standard InChI is InChI=1S/C20H20ClNO5S/c1-3-25-16(10-19(23)24)13-4-6-14(7-5-13)26-11-15-12(2)27-20(22-15)17-8-9-18(21)28-17/h4-9,16H,3,10-11H2,1-2H3,(H,23,24). The summed E-state index contributed by atoms with van der Waals surface area (Å²) in [4.78, 5) is 16.3. The molecular formula is C20H20ClNO5S. The quantitative estimate of drug-likeness (QED) is 0.491. The fourth-order valence-corrected chi connectivity index (χ4v) is 3.63. The van der Waals surface area contributed by atoms with Crippen LogP contribution in [0.2, 0.25) is 4.34 Å². The monoisotopic (exact) mass is 421 g/mol. The molecule has 1 aromatic carbocycles. The molecule has 28 heavy (non-hydrogen) atoms. The van der Waals surface area contributed by atoms with E-state index in [1.807, 2.05) is 32.0 Å². The number of aryl methyl sites for hydroxylation is 1. The highest BCUT2D eigenvalue weighted by Gasteiger charge is 2.16. The van der Waals surface area contributed by atoms with E-state index < -0.39 is 12.1 Å². The Labute approximate surface area is 171 Å². The van der Waals surface area contributed by atoms with Crippen LogP contribution in [0.25, 0.3) is 10.8 Å². The number of aromatic nitrogens is 1. The number of carbonyl (C=O) groups is 1. The summed E-state index contributed by atoms with van der Waals surface area (Å²) in [6.07, 6.45) is -0.559. The second-order valence-electron chi connectivity index (χ2n) is 6.03. The van der Waals surface area contributed by atoms with Crippen LogP contribution in [0, 0.1) is 6.92 Å². The second-order valence-corrected chi connectivity index (χ2v) is 7.74. The third-order valence-electron chi connectivity index (χ3n) is 4.03. The highest BCUT2D eigenvalue weighted by molar-refractivity contribution is 7.19. The van der Waals surface area contributed by atoms with Gasteiger partial charge in [0, 0.05) is 6.61 Å². The van der Waals surface area contributed by atoms with Crippen molar-refractivity contribution >= 4 is 28.9 Å². The van der Waals surface area contributed by atoms with E-state index >= 15 is 0 Å². The highest BCUT2D eigenvalue weighted by atomic mass is 35.5. The number of hydrogen-bond acceptors (Lipinski definition) is 6. The van der Waals surface area contributed by atoms with Gasteiger partial charge in [-0.05, 0) is 43.7 Å². The zero-order valence-corrected chi connectivity index (χ0v) is 17.0. The largest absolute Gasteiger partial charge is 0.487 e. The molecule has 0 aliphatic rings. The molecule has 148 valence electrons. The molecule has 3 rings (SSSR count). The van der Waals surface area contributed by atoms with Crippen LogP contribution in [-0.4, -0.2) is 22.7 Å². The van der Waals surface area contributed by atoms with Crippen molar-refractivity contribution in [3.05, 3.63) is 57.8 Å². The number of oxazole rings is 1. The Kier molecular flexibility index (Phi) is 6.72. The molecule has 0 saturated heterocycles. The number of halogens is 1. The fourth-order valence-electron chi connectivity index (χ4n) is 2.66. The molecule has 1 unspecified atom stereocenters. The predicted molar refractivity (Wildman–Crippen MR) is 107 cm³/mol. The number of nitrogens with zero attached hydrogens (tertiary/aromatic N) is 1. The summed E-state index contributed by atoms with van der Waals surface area (Å²) in [7, 11) is 0. The summed E-state index contributed by atoms with van der Waals surface area (Å²) < 4.78 is 17.7. The molecule has 2 aromatic heterocycles. The van der Waals surface area contributed by atoms with Gasteiger partial charge in [0.1, 0.15) is 23.8 Å². The van der Waals surface area contributed by atoms with Gasteiger partial charge in [-0.1, -0.05) is 23.7 Å². The van der Waals surface area contributed by atoms with Crippen molar-refractivity contribution in [2.75, 3.05) is 6.61 Å². The van der Waals surface area contributed by atoms with E-state index in [-0.39, 0.29) is 13.0 Å². The van der Waals surface area contributed by atoms with E-state index in [0.29, 0.717) is 34.0 Å². The minimum absolute atomic E-state index is 0.0817. The van der Waals surface area contributed by atoms with Crippen LogP contribution in [-0.2, 0) is 16.1 Å². The first-order chi connectivity index (χ1) is 13.5. The van der Waals surface area contributed by atoms with Crippen LogP contribution in [0.4, 0.5) is 0 Å². The van der Waals surface area contributed by atoms with Gasteiger partial charge in [0.2, 0.25) is 5.89 Å². The maximum absolute atomic E-state index is 11.0. The second kappa shape index (κ2) is 9.23. The molecule has 0 saturated carbocycles. The van der Waals surface area contributed by atoms with Crippen molar-refractivity contribution < 1.29 is 23.8 Å². The van der Waals surface area contributed by atoms with E-state index in [1.54, 1.807) is 18.2 Å². The normalized spacial score (nSPS) is 12.1. The van der Waals surface area contributed by atoms with Crippen LogP contribution in [0.15, 0.2) is 40.8 Å². The van der Waals surface area contributed by atoms with Gasteiger partial charge in [-0.25, -0.2) is 4.98 Å². The molecule has 0 bridgehead atoms.